The van der Waals surface area contributed by atoms with Crippen molar-refractivity contribution < 1.29 is 23.7 Å². The lowest BCUT2D eigenvalue weighted by Crippen LogP contribution is -2.16. The van der Waals surface area contributed by atoms with E-state index in [0.717, 1.165) is 0 Å². The molecule has 0 aliphatic carbocycles. The van der Waals surface area contributed by atoms with Crippen molar-refractivity contribution >= 4 is 33.5 Å². The predicted molar refractivity (Wildman–Crippen MR) is 103 cm³/mol. The van der Waals surface area contributed by atoms with Crippen LogP contribution in [-0.4, -0.2) is 33.2 Å². The Bertz CT molecular complexity index is 878. The van der Waals surface area contributed by atoms with Gasteiger partial charge in [-0.3, -0.25) is 4.79 Å². The smallest absolute Gasteiger partial charge is 0.204 e. The Morgan fingerprint density at radius 3 is 2.65 bits per heavy atom. The molecule has 7 heteroatoms. The summed E-state index contributed by atoms with van der Waals surface area (Å²) < 4.78 is 22.2. The second-order valence-electron chi connectivity index (χ2n) is 5.49. The Morgan fingerprint density at radius 1 is 1.15 bits per heavy atom. The number of fused-ring (bicyclic) bond motifs is 1. The molecule has 6 nitrogen and oxygen atoms in total. The summed E-state index contributed by atoms with van der Waals surface area (Å²) in [6.07, 6.45) is 1.68. The molecule has 0 spiro atoms. The Balaban J connectivity index is 1.96. The van der Waals surface area contributed by atoms with Crippen LogP contribution in [0, 0.1) is 0 Å². The normalized spacial score (nSPS) is 13.3. The fraction of sp³-hybridized carbons (Fsp3) is 0.211. The minimum Gasteiger partial charge on any atom is -0.495 e. The number of anilines is 1. The van der Waals surface area contributed by atoms with Crippen LogP contribution in [0.5, 0.6) is 23.0 Å². The highest BCUT2D eigenvalue weighted by Crippen LogP contribution is 2.42. The third kappa shape index (κ3) is 3.48. The number of hydrogen-bond acceptors (Lipinski definition) is 6. The standard InChI is InChI=1S/C19H18BrNO5/c1-23-16-10-11(3-5-14(16)21)17(22)13(20)9-12-4-6-15-19(18(12)24-2)26-8-7-25-15/h3-6,9-10H,7-8,21H2,1-2H3/b13-9+. The average molecular weight is 420 g/mol. The third-order valence-corrected chi connectivity index (χ3v) is 4.48. The number of ether oxygens (including phenoxy) is 4. The van der Waals surface area contributed by atoms with Gasteiger partial charge in [-0.15, -0.1) is 0 Å². The maximum absolute atomic E-state index is 12.7. The molecular formula is C19H18BrNO5. The van der Waals surface area contributed by atoms with Crippen LogP contribution < -0.4 is 24.7 Å². The van der Waals surface area contributed by atoms with Crippen molar-refractivity contribution in [3.63, 3.8) is 0 Å². The summed E-state index contributed by atoms with van der Waals surface area (Å²) in [5.74, 6) is 1.92. The molecule has 0 atom stereocenters. The molecule has 2 aromatic rings. The molecule has 0 saturated heterocycles. The molecular weight excluding hydrogens is 402 g/mol. The van der Waals surface area contributed by atoms with E-state index in [9.17, 15) is 4.79 Å². The molecule has 2 aromatic carbocycles. The molecule has 0 bridgehead atoms. The first kappa shape index (κ1) is 18.1. The number of methoxy groups -OCH3 is 2. The summed E-state index contributed by atoms with van der Waals surface area (Å²) in [5.41, 5.74) is 7.42. The van der Waals surface area contributed by atoms with E-state index in [4.69, 9.17) is 24.7 Å². The highest BCUT2D eigenvalue weighted by molar-refractivity contribution is 9.12. The van der Waals surface area contributed by atoms with Gasteiger partial charge in [0.05, 0.1) is 24.4 Å². The van der Waals surface area contributed by atoms with Gasteiger partial charge in [0.25, 0.3) is 0 Å². The number of carbonyl (C=O) groups is 1. The van der Waals surface area contributed by atoms with Gasteiger partial charge in [0.15, 0.2) is 17.3 Å². The Kier molecular flexibility index (Phi) is 5.37. The van der Waals surface area contributed by atoms with Gasteiger partial charge in [0, 0.05) is 11.1 Å². The van der Waals surface area contributed by atoms with Crippen molar-refractivity contribution in [1.29, 1.82) is 0 Å². The lowest BCUT2D eigenvalue weighted by atomic mass is 10.1. The summed E-state index contributed by atoms with van der Waals surface area (Å²) in [5, 5.41) is 0. The van der Waals surface area contributed by atoms with Gasteiger partial charge in [-0.05, 0) is 52.3 Å². The van der Waals surface area contributed by atoms with Crippen LogP contribution in [0.4, 0.5) is 5.69 Å². The van der Waals surface area contributed by atoms with E-state index in [2.05, 4.69) is 15.9 Å². The first-order valence-electron chi connectivity index (χ1n) is 7.87. The third-order valence-electron chi connectivity index (χ3n) is 3.89. The second-order valence-corrected chi connectivity index (χ2v) is 6.34. The Morgan fingerprint density at radius 2 is 1.92 bits per heavy atom. The lowest BCUT2D eigenvalue weighted by Gasteiger charge is -2.21. The number of hydrogen-bond donors (Lipinski definition) is 1. The highest BCUT2D eigenvalue weighted by Gasteiger charge is 2.20. The molecule has 0 fully saturated rings. The molecule has 26 heavy (non-hydrogen) atoms. The van der Waals surface area contributed by atoms with E-state index >= 15 is 0 Å². The number of nitrogens with two attached hydrogens (primary N) is 1. The van der Waals surface area contributed by atoms with E-state index in [0.29, 0.717) is 57.5 Å². The van der Waals surface area contributed by atoms with E-state index in [1.54, 1.807) is 37.5 Å². The van der Waals surface area contributed by atoms with Crippen LogP contribution in [0.1, 0.15) is 15.9 Å². The van der Waals surface area contributed by atoms with E-state index in [1.165, 1.54) is 7.11 Å². The van der Waals surface area contributed by atoms with Gasteiger partial charge in [-0.1, -0.05) is 0 Å². The molecule has 0 radical (unpaired) electrons. The van der Waals surface area contributed by atoms with Crippen LogP contribution in [0.2, 0.25) is 0 Å². The zero-order valence-corrected chi connectivity index (χ0v) is 16.0. The van der Waals surface area contributed by atoms with E-state index in [1.807, 2.05) is 6.07 Å². The van der Waals surface area contributed by atoms with Gasteiger partial charge in [-0.25, -0.2) is 0 Å². The fourth-order valence-corrected chi connectivity index (χ4v) is 3.10. The molecule has 1 aliphatic heterocycles. The summed E-state index contributed by atoms with van der Waals surface area (Å²) >= 11 is 3.35. The summed E-state index contributed by atoms with van der Waals surface area (Å²) in [7, 11) is 3.05. The quantitative estimate of drug-likeness (QED) is 0.452. The van der Waals surface area contributed by atoms with E-state index < -0.39 is 0 Å². The van der Waals surface area contributed by atoms with Crippen molar-refractivity contribution in [2.24, 2.45) is 0 Å². The number of ketones is 1. The van der Waals surface area contributed by atoms with Gasteiger partial charge in [0.1, 0.15) is 19.0 Å². The van der Waals surface area contributed by atoms with E-state index in [-0.39, 0.29) is 5.78 Å². The minimum atomic E-state index is -0.208. The van der Waals surface area contributed by atoms with Gasteiger partial charge in [-0.2, -0.15) is 0 Å². The van der Waals surface area contributed by atoms with Crippen molar-refractivity contribution in [3.8, 4) is 23.0 Å². The minimum absolute atomic E-state index is 0.208. The molecule has 136 valence electrons. The number of halogens is 1. The monoisotopic (exact) mass is 419 g/mol. The molecule has 0 amide bonds. The maximum Gasteiger partial charge on any atom is 0.204 e. The van der Waals surface area contributed by atoms with Gasteiger partial charge < -0.3 is 24.7 Å². The molecule has 0 saturated carbocycles. The van der Waals surface area contributed by atoms with Crippen molar-refractivity contribution in [3.05, 3.63) is 45.9 Å². The SMILES string of the molecule is COc1cc(C(=O)/C(Br)=C\c2ccc3c(c2OC)OCCO3)ccc1N. The number of benzene rings is 2. The van der Waals surface area contributed by atoms with Crippen molar-refractivity contribution in [2.75, 3.05) is 33.2 Å². The molecule has 0 unspecified atom stereocenters. The number of allylic oxidation sites excluding steroid dienone is 1. The number of carbonyl (C=O) groups excluding carboxylic acids is 1. The Labute approximate surface area is 159 Å². The molecule has 0 aromatic heterocycles. The molecule has 2 N–H and O–H groups in total. The molecule has 1 heterocycles. The van der Waals surface area contributed by atoms with Gasteiger partial charge >= 0.3 is 0 Å². The first-order chi connectivity index (χ1) is 12.5. The molecule has 1 aliphatic rings. The predicted octanol–water partition coefficient (Wildman–Crippen LogP) is 3.68. The van der Waals surface area contributed by atoms with Crippen molar-refractivity contribution in [2.45, 2.75) is 0 Å². The van der Waals surface area contributed by atoms with Crippen LogP contribution in [0.15, 0.2) is 34.8 Å². The average Bonchev–Trinajstić information content (AvgIpc) is 2.67. The summed E-state index contributed by atoms with van der Waals surface area (Å²) in [4.78, 5) is 12.7. The van der Waals surface area contributed by atoms with Crippen LogP contribution in [0.3, 0.4) is 0 Å². The second kappa shape index (κ2) is 7.70. The van der Waals surface area contributed by atoms with Gasteiger partial charge in [0.2, 0.25) is 5.75 Å². The zero-order valence-electron chi connectivity index (χ0n) is 14.4. The largest absolute Gasteiger partial charge is 0.495 e. The summed E-state index contributed by atoms with van der Waals surface area (Å²) in [6, 6.07) is 8.49. The highest BCUT2D eigenvalue weighted by atomic mass is 79.9. The number of Topliss-reactive ketones (excluding diaryl/α,β-unsaturated/α-hetero) is 1. The lowest BCUT2D eigenvalue weighted by molar-refractivity contribution is 0.104. The number of rotatable bonds is 5. The Hall–Kier alpha value is -2.67. The van der Waals surface area contributed by atoms with Crippen LogP contribution in [0.25, 0.3) is 6.08 Å². The summed E-state index contributed by atoms with van der Waals surface area (Å²) in [6.45, 7) is 0.939. The van der Waals surface area contributed by atoms with Crippen LogP contribution in [-0.2, 0) is 0 Å². The zero-order chi connectivity index (χ0) is 18.7. The first-order valence-corrected chi connectivity index (χ1v) is 8.66. The van der Waals surface area contributed by atoms with Crippen molar-refractivity contribution in [1.82, 2.24) is 0 Å². The van der Waals surface area contributed by atoms with Crippen LogP contribution >= 0.6 is 15.9 Å². The molecule has 3 rings (SSSR count). The number of nitrogen functional groups attached to an aromatic ring is 1. The maximum atomic E-state index is 12.7. The topological polar surface area (TPSA) is 80.0 Å². The fourth-order valence-electron chi connectivity index (χ4n) is 2.62.